The zero-order valence-electron chi connectivity index (χ0n) is 29.3. The van der Waals surface area contributed by atoms with E-state index in [1.807, 2.05) is 36.5 Å². The fourth-order valence-corrected chi connectivity index (χ4v) is 9.54. The minimum Gasteiger partial charge on any atom is -0.493 e. The summed E-state index contributed by atoms with van der Waals surface area (Å²) in [6.45, 7) is 10.7. The smallest absolute Gasteiger partial charge is 0.329 e. The number of carboxylic acid groups (broad SMARTS) is 1. The van der Waals surface area contributed by atoms with E-state index >= 15 is 0 Å². The lowest BCUT2D eigenvalue weighted by Gasteiger charge is -2.47. The van der Waals surface area contributed by atoms with Crippen molar-refractivity contribution in [2.45, 2.75) is 108 Å². The molecule has 2 N–H and O–H groups in total. The van der Waals surface area contributed by atoms with Gasteiger partial charge in [-0.05, 0) is 155 Å². The van der Waals surface area contributed by atoms with Crippen LogP contribution in [-0.2, 0) is 23.1 Å². The molecule has 1 aromatic heterocycles. The van der Waals surface area contributed by atoms with E-state index in [2.05, 4.69) is 54.2 Å². The topological polar surface area (TPSA) is 83.9 Å². The number of rotatable bonds is 12. The number of anilines is 1. The second kappa shape index (κ2) is 14.1. The Morgan fingerprint density at radius 1 is 1.10 bits per heavy atom. The van der Waals surface area contributed by atoms with Crippen molar-refractivity contribution in [2.24, 2.45) is 11.8 Å². The molecule has 1 saturated carbocycles. The maximum Gasteiger partial charge on any atom is 0.329 e. The van der Waals surface area contributed by atoms with Crippen molar-refractivity contribution in [2.75, 3.05) is 31.6 Å². The van der Waals surface area contributed by atoms with Crippen LogP contribution >= 0.6 is 11.6 Å². The van der Waals surface area contributed by atoms with Crippen LogP contribution in [0.2, 0.25) is 5.02 Å². The Bertz CT molecular complexity index is 1650. The molecule has 1 aliphatic heterocycles. The summed E-state index contributed by atoms with van der Waals surface area (Å²) in [5.41, 5.74) is 4.81. The van der Waals surface area contributed by atoms with E-state index < -0.39 is 11.5 Å². The molecular formula is C41H52ClN3O4. The van der Waals surface area contributed by atoms with Crippen LogP contribution in [0.5, 0.6) is 11.5 Å². The fourth-order valence-electron chi connectivity index (χ4n) is 9.35. The number of aromatic nitrogens is 1. The van der Waals surface area contributed by atoms with E-state index in [-0.39, 0.29) is 11.5 Å². The van der Waals surface area contributed by atoms with Crippen molar-refractivity contribution in [1.29, 1.82) is 0 Å². The van der Waals surface area contributed by atoms with Crippen molar-refractivity contribution < 1.29 is 19.4 Å². The molecule has 7 rings (SSSR count). The highest BCUT2D eigenvalue weighted by molar-refractivity contribution is 6.30. The lowest BCUT2D eigenvalue weighted by Crippen LogP contribution is -2.53. The molecule has 1 spiro atoms. The standard InChI is InChI=1S/C41H52ClN3O4/c1-27(26-48-37-13-18-43-36-10-4-7-28(2)38(36)37)21-31-22-30-11-12-34(49-29(3)25-45-19-6-20-45)24-35(30)40(31)14-16-41(17-15-40,39(46)47)44-33-9-5-8-32(42)23-33/h5,8-9,11-13,18,23-24,27-29,31,44H,4,6-7,10,14-17,19-22,25-26H2,1-3H3,(H,46,47)/t27-,28-,29?,31+,40?,41?/m1/s1. The maximum atomic E-state index is 13.0. The number of carbonyl (C=O) groups is 1. The predicted octanol–water partition coefficient (Wildman–Crippen LogP) is 8.67. The van der Waals surface area contributed by atoms with Gasteiger partial charge in [-0.15, -0.1) is 0 Å². The Balaban J connectivity index is 1.12. The van der Waals surface area contributed by atoms with Crippen molar-refractivity contribution in [3.63, 3.8) is 0 Å². The van der Waals surface area contributed by atoms with E-state index in [1.54, 1.807) is 0 Å². The molecule has 4 aliphatic rings. The summed E-state index contributed by atoms with van der Waals surface area (Å²) in [6, 6.07) is 16.2. The largest absolute Gasteiger partial charge is 0.493 e. The zero-order valence-corrected chi connectivity index (χ0v) is 30.1. The highest BCUT2D eigenvalue weighted by Gasteiger charge is 2.54. The number of pyridine rings is 1. The van der Waals surface area contributed by atoms with Gasteiger partial charge in [0.1, 0.15) is 23.1 Å². The Hall–Kier alpha value is -3.29. The minimum absolute atomic E-state index is 0.109. The molecule has 7 nitrogen and oxygen atoms in total. The fraction of sp³-hybridized carbons (Fsp3) is 0.561. The lowest BCUT2D eigenvalue weighted by molar-refractivity contribution is -0.144. The third-order valence-corrected chi connectivity index (χ3v) is 12.3. The number of benzene rings is 2. The molecule has 1 unspecified atom stereocenters. The van der Waals surface area contributed by atoms with Gasteiger partial charge in [0.15, 0.2) is 0 Å². The first-order valence-electron chi connectivity index (χ1n) is 18.5. The Morgan fingerprint density at radius 2 is 1.92 bits per heavy atom. The Morgan fingerprint density at radius 3 is 2.65 bits per heavy atom. The van der Waals surface area contributed by atoms with Gasteiger partial charge in [-0.25, -0.2) is 4.79 Å². The van der Waals surface area contributed by atoms with Gasteiger partial charge in [-0.2, -0.15) is 0 Å². The van der Waals surface area contributed by atoms with Gasteiger partial charge in [0, 0.05) is 34.7 Å². The molecule has 2 aromatic carbocycles. The second-order valence-corrected chi connectivity index (χ2v) is 16.0. The molecule has 49 heavy (non-hydrogen) atoms. The number of fused-ring (bicyclic) bond motifs is 3. The normalized spacial score (nSPS) is 27.4. The van der Waals surface area contributed by atoms with Gasteiger partial charge >= 0.3 is 5.97 Å². The zero-order chi connectivity index (χ0) is 34.2. The van der Waals surface area contributed by atoms with Crippen LogP contribution in [0.3, 0.4) is 0 Å². The summed E-state index contributed by atoms with van der Waals surface area (Å²) < 4.78 is 13.1. The van der Waals surface area contributed by atoms with Gasteiger partial charge in [0.25, 0.3) is 0 Å². The highest BCUT2D eigenvalue weighted by atomic mass is 35.5. The minimum atomic E-state index is -1.05. The van der Waals surface area contributed by atoms with Crippen LogP contribution in [0.1, 0.15) is 100 Å². The van der Waals surface area contributed by atoms with Crippen molar-refractivity contribution in [1.82, 2.24) is 9.88 Å². The first kappa shape index (κ1) is 34.2. The third kappa shape index (κ3) is 7.03. The molecule has 1 saturated heterocycles. The summed E-state index contributed by atoms with van der Waals surface area (Å²) in [4.78, 5) is 20.1. The molecule has 0 bridgehead atoms. The molecular weight excluding hydrogens is 634 g/mol. The molecule has 8 heteroatoms. The average Bonchev–Trinajstić information content (AvgIpc) is 3.34. The number of halogens is 1. The van der Waals surface area contributed by atoms with Crippen LogP contribution in [0, 0.1) is 11.8 Å². The quantitative estimate of drug-likeness (QED) is 0.197. The van der Waals surface area contributed by atoms with Crippen LogP contribution in [-0.4, -0.2) is 58.8 Å². The molecule has 2 fully saturated rings. The van der Waals surface area contributed by atoms with E-state index in [9.17, 15) is 9.90 Å². The Labute approximate surface area is 296 Å². The number of aryl methyl sites for hydroxylation is 1. The molecule has 4 atom stereocenters. The maximum absolute atomic E-state index is 13.0. The van der Waals surface area contributed by atoms with Gasteiger partial charge in [0.2, 0.25) is 0 Å². The number of hydrogen-bond donors (Lipinski definition) is 2. The SMILES string of the molecule is CC(CN1CCC1)Oc1ccc2c(c1)C1(CCC(Nc3cccc(Cl)c3)(C(=O)O)CC1)[C@@H](C[C@@H](C)COc1ccnc3c1[C@H](C)CCC3)C2. The summed E-state index contributed by atoms with van der Waals surface area (Å²) in [5, 5.41) is 14.6. The molecule has 262 valence electrons. The van der Waals surface area contributed by atoms with Crippen molar-refractivity contribution in [3.05, 3.63) is 82.1 Å². The predicted molar refractivity (Wildman–Crippen MR) is 195 cm³/mol. The van der Waals surface area contributed by atoms with Gasteiger partial charge < -0.3 is 19.9 Å². The molecule has 2 heterocycles. The number of nitrogens with one attached hydrogen (secondary N) is 1. The van der Waals surface area contributed by atoms with Crippen LogP contribution in [0.15, 0.2) is 54.7 Å². The lowest BCUT2D eigenvalue weighted by atomic mass is 9.59. The first-order chi connectivity index (χ1) is 23.6. The van der Waals surface area contributed by atoms with E-state index in [0.717, 1.165) is 68.9 Å². The molecule has 0 radical (unpaired) electrons. The van der Waals surface area contributed by atoms with E-state index in [1.165, 1.54) is 41.6 Å². The van der Waals surface area contributed by atoms with E-state index in [4.69, 9.17) is 21.1 Å². The second-order valence-electron chi connectivity index (χ2n) is 15.6. The number of carboxylic acids is 1. The van der Waals surface area contributed by atoms with Gasteiger partial charge in [-0.3, -0.25) is 9.88 Å². The molecule has 0 amide bonds. The summed E-state index contributed by atoms with van der Waals surface area (Å²) in [6.07, 6.45) is 11.3. The van der Waals surface area contributed by atoms with E-state index in [0.29, 0.717) is 42.2 Å². The van der Waals surface area contributed by atoms with Crippen LogP contribution in [0.25, 0.3) is 0 Å². The highest BCUT2D eigenvalue weighted by Crippen LogP contribution is 2.57. The van der Waals surface area contributed by atoms with Gasteiger partial charge in [-0.1, -0.05) is 37.6 Å². The molecule has 3 aromatic rings. The number of nitrogens with zero attached hydrogens (tertiary/aromatic N) is 2. The van der Waals surface area contributed by atoms with Gasteiger partial charge in [0.05, 0.1) is 6.61 Å². The van der Waals surface area contributed by atoms with Crippen LogP contribution < -0.4 is 14.8 Å². The number of hydrogen-bond acceptors (Lipinski definition) is 6. The first-order valence-corrected chi connectivity index (χ1v) is 18.9. The van der Waals surface area contributed by atoms with Crippen molar-refractivity contribution >= 4 is 23.3 Å². The average molecular weight is 686 g/mol. The number of aliphatic carboxylic acids is 1. The summed E-state index contributed by atoms with van der Waals surface area (Å²) in [7, 11) is 0. The number of ether oxygens (including phenoxy) is 2. The number of likely N-dealkylation sites (tertiary alicyclic amines) is 1. The monoisotopic (exact) mass is 685 g/mol. The Kier molecular flexibility index (Phi) is 9.86. The van der Waals surface area contributed by atoms with Crippen LogP contribution in [0.4, 0.5) is 5.69 Å². The summed E-state index contributed by atoms with van der Waals surface area (Å²) in [5.74, 6) is 2.31. The van der Waals surface area contributed by atoms with Crippen molar-refractivity contribution in [3.8, 4) is 11.5 Å². The summed E-state index contributed by atoms with van der Waals surface area (Å²) >= 11 is 6.29. The third-order valence-electron chi connectivity index (χ3n) is 12.1. The molecule has 3 aliphatic carbocycles.